The zero-order chi connectivity index (χ0) is 13.5. The molecule has 1 unspecified atom stereocenters. The van der Waals surface area contributed by atoms with Crippen LogP contribution in [0.5, 0.6) is 5.75 Å². The maximum absolute atomic E-state index is 11.6. The van der Waals surface area contributed by atoms with Crippen molar-refractivity contribution in [2.75, 3.05) is 20.2 Å². The molecule has 0 aromatic heterocycles. The summed E-state index contributed by atoms with van der Waals surface area (Å²) in [4.78, 5) is 13.2. The molecule has 1 aromatic rings. The summed E-state index contributed by atoms with van der Waals surface area (Å²) in [5.74, 6) is 0.775. The molecule has 4 nitrogen and oxygen atoms in total. The van der Waals surface area contributed by atoms with Gasteiger partial charge in [-0.2, -0.15) is 0 Å². The molecule has 1 aromatic carbocycles. The highest BCUT2D eigenvalue weighted by Crippen LogP contribution is 2.15. The third-order valence-electron chi connectivity index (χ3n) is 2.43. The molecular weight excluding hydrogens is 287 g/mol. The van der Waals surface area contributed by atoms with Crippen molar-refractivity contribution in [3.8, 4) is 5.75 Å². The maximum Gasteiger partial charge on any atom is 0.223 e. The second-order valence-corrected chi connectivity index (χ2v) is 4.74. The van der Waals surface area contributed by atoms with E-state index in [1.54, 1.807) is 36.2 Å². The molecule has 0 spiro atoms. The lowest BCUT2D eigenvalue weighted by molar-refractivity contribution is -0.130. The minimum atomic E-state index is -0.114. The van der Waals surface area contributed by atoms with Crippen molar-refractivity contribution in [1.82, 2.24) is 4.90 Å². The Bertz CT molecular complexity index is 383. The second-order valence-electron chi connectivity index (χ2n) is 4.30. The number of carbonyl (C=O) groups is 1. The summed E-state index contributed by atoms with van der Waals surface area (Å²) in [6.07, 6.45) is 0.359. The first-order valence-electron chi connectivity index (χ1n) is 5.87. The van der Waals surface area contributed by atoms with E-state index >= 15 is 0 Å². The molecule has 1 rings (SSSR count). The molecule has 0 radical (unpaired) electrons. The first-order chi connectivity index (χ1) is 8.49. The molecule has 0 bridgehead atoms. The summed E-state index contributed by atoms with van der Waals surface area (Å²) in [5, 5.41) is 0.673. The van der Waals surface area contributed by atoms with Crippen LogP contribution in [0.1, 0.15) is 13.3 Å². The summed E-state index contributed by atoms with van der Waals surface area (Å²) in [5.41, 5.74) is 5.57. The van der Waals surface area contributed by atoms with E-state index in [4.69, 9.17) is 22.1 Å². The average molecular weight is 307 g/mol. The predicted octanol–water partition coefficient (Wildman–Crippen LogP) is 2.34. The highest BCUT2D eigenvalue weighted by atomic mass is 35.5. The van der Waals surface area contributed by atoms with Crippen LogP contribution in [0.4, 0.5) is 0 Å². The van der Waals surface area contributed by atoms with Gasteiger partial charge >= 0.3 is 0 Å². The monoisotopic (exact) mass is 306 g/mol. The van der Waals surface area contributed by atoms with Crippen LogP contribution in [0.3, 0.4) is 0 Å². The lowest BCUT2D eigenvalue weighted by atomic mass is 10.2. The van der Waals surface area contributed by atoms with Crippen molar-refractivity contribution in [2.45, 2.75) is 19.4 Å². The first kappa shape index (κ1) is 18.0. The molecular formula is C13H20Cl2N2O2. The van der Waals surface area contributed by atoms with Gasteiger partial charge in [0.05, 0.1) is 6.54 Å². The molecule has 6 heteroatoms. The minimum absolute atomic E-state index is 0. The van der Waals surface area contributed by atoms with Gasteiger partial charge in [-0.15, -0.1) is 12.4 Å². The standard InChI is InChI=1S/C13H19ClN2O2.ClH/c1-10(15)9-13(17)16(2)7-8-18-12-5-3-11(14)4-6-12;/h3-6,10H,7-9,15H2,1-2H3;1H. The maximum atomic E-state index is 11.6. The molecule has 0 aliphatic heterocycles. The number of amides is 1. The average Bonchev–Trinajstić information content (AvgIpc) is 2.30. The van der Waals surface area contributed by atoms with Crippen LogP contribution in [-0.4, -0.2) is 37.0 Å². The molecule has 0 saturated heterocycles. The lowest BCUT2D eigenvalue weighted by Crippen LogP contribution is -2.34. The third kappa shape index (κ3) is 7.25. The second kappa shape index (κ2) is 9.02. The number of ether oxygens (including phenoxy) is 1. The number of hydrogen-bond donors (Lipinski definition) is 1. The van der Waals surface area contributed by atoms with Crippen molar-refractivity contribution in [3.63, 3.8) is 0 Å². The van der Waals surface area contributed by atoms with Crippen molar-refractivity contribution >= 4 is 29.9 Å². The van der Waals surface area contributed by atoms with E-state index in [0.29, 0.717) is 24.6 Å². The van der Waals surface area contributed by atoms with Crippen LogP contribution in [0, 0.1) is 0 Å². The quantitative estimate of drug-likeness (QED) is 0.877. The fourth-order valence-electron chi connectivity index (χ4n) is 1.39. The Kier molecular flexibility index (Phi) is 8.56. The van der Waals surface area contributed by atoms with Gasteiger partial charge in [-0.05, 0) is 31.2 Å². The van der Waals surface area contributed by atoms with Crippen molar-refractivity contribution < 1.29 is 9.53 Å². The van der Waals surface area contributed by atoms with Gasteiger partial charge in [0.1, 0.15) is 12.4 Å². The predicted molar refractivity (Wildman–Crippen MR) is 80.1 cm³/mol. The molecule has 0 saturated carbocycles. The summed E-state index contributed by atoms with van der Waals surface area (Å²) >= 11 is 5.77. The normalized spacial score (nSPS) is 11.4. The van der Waals surface area contributed by atoms with Crippen molar-refractivity contribution in [1.29, 1.82) is 0 Å². The highest BCUT2D eigenvalue weighted by molar-refractivity contribution is 6.30. The van der Waals surface area contributed by atoms with Crippen LogP contribution < -0.4 is 10.5 Å². The smallest absolute Gasteiger partial charge is 0.223 e. The van der Waals surface area contributed by atoms with E-state index in [-0.39, 0.29) is 24.4 Å². The Morgan fingerprint density at radius 1 is 1.42 bits per heavy atom. The van der Waals surface area contributed by atoms with Crippen LogP contribution in [0.25, 0.3) is 0 Å². The topological polar surface area (TPSA) is 55.6 Å². The molecule has 0 fully saturated rings. The van der Waals surface area contributed by atoms with Gasteiger partial charge < -0.3 is 15.4 Å². The van der Waals surface area contributed by atoms with Crippen LogP contribution >= 0.6 is 24.0 Å². The van der Waals surface area contributed by atoms with Gasteiger partial charge in [0.2, 0.25) is 5.91 Å². The number of carbonyl (C=O) groups excluding carboxylic acids is 1. The molecule has 1 amide bonds. The Balaban J connectivity index is 0.00000324. The number of likely N-dealkylation sites (N-methyl/N-ethyl adjacent to an activating group) is 1. The van der Waals surface area contributed by atoms with E-state index in [0.717, 1.165) is 5.75 Å². The Hall–Kier alpha value is -0.970. The Morgan fingerprint density at radius 3 is 2.53 bits per heavy atom. The number of hydrogen-bond acceptors (Lipinski definition) is 3. The lowest BCUT2D eigenvalue weighted by Gasteiger charge is -2.18. The summed E-state index contributed by atoms with van der Waals surface area (Å²) in [6, 6.07) is 7.01. The van der Waals surface area contributed by atoms with Crippen LogP contribution in [-0.2, 0) is 4.79 Å². The van der Waals surface area contributed by atoms with Gasteiger partial charge in [0.15, 0.2) is 0 Å². The fourth-order valence-corrected chi connectivity index (χ4v) is 1.51. The van der Waals surface area contributed by atoms with E-state index in [1.165, 1.54) is 0 Å². The number of halogens is 2. The SMILES string of the molecule is CC(N)CC(=O)N(C)CCOc1ccc(Cl)cc1.Cl. The Labute approximate surface area is 125 Å². The molecule has 19 heavy (non-hydrogen) atoms. The minimum Gasteiger partial charge on any atom is -0.492 e. The zero-order valence-corrected chi connectivity index (χ0v) is 12.7. The third-order valence-corrected chi connectivity index (χ3v) is 2.68. The first-order valence-corrected chi connectivity index (χ1v) is 6.24. The van der Waals surface area contributed by atoms with Gasteiger partial charge in [0.25, 0.3) is 0 Å². The summed E-state index contributed by atoms with van der Waals surface area (Å²) < 4.78 is 5.50. The summed E-state index contributed by atoms with van der Waals surface area (Å²) in [6.45, 7) is 2.80. The fraction of sp³-hybridized carbons (Fsp3) is 0.462. The zero-order valence-electron chi connectivity index (χ0n) is 11.1. The van der Waals surface area contributed by atoms with E-state index in [9.17, 15) is 4.79 Å². The van der Waals surface area contributed by atoms with Gasteiger partial charge in [-0.3, -0.25) is 4.79 Å². The van der Waals surface area contributed by atoms with Gasteiger partial charge in [-0.25, -0.2) is 0 Å². The van der Waals surface area contributed by atoms with Crippen molar-refractivity contribution in [3.05, 3.63) is 29.3 Å². The molecule has 108 valence electrons. The Morgan fingerprint density at radius 2 is 2.00 bits per heavy atom. The van der Waals surface area contributed by atoms with E-state index in [1.807, 2.05) is 6.92 Å². The molecule has 1 atom stereocenters. The van der Waals surface area contributed by atoms with Gasteiger partial charge in [0, 0.05) is 24.5 Å². The van der Waals surface area contributed by atoms with E-state index in [2.05, 4.69) is 0 Å². The number of benzene rings is 1. The van der Waals surface area contributed by atoms with Crippen LogP contribution in [0.15, 0.2) is 24.3 Å². The van der Waals surface area contributed by atoms with Crippen LogP contribution in [0.2, 0.25) is 5.02 Å². The van der Waals surface area contributed by atoms with Crippen molar-refractivity contribution in [2.24, 2.45) is 5.73 Å². The number of rotatable bonds is 6. The number of nitrogens with zero attached hydrogens (tertiary/aromatic N) is 1. The molecule has 0 aliphatic rings. The van der Waals surface area contributed by atoms with Gasteiger partial charge in [-0.1, -0.05) is 11.6 Å². The van der Waals surface area contributed by atoms with E-state index < -0.39 is 0 Å². The molecule has 0 heterocycles. The summed E-state index contributed by atoms with van der Waals surface area (Å²) in [7, 11) is 1.75. The highest BCUT2D eigenvalue weighted by Gasteiger charge is 2.10. The molecule has 2 N–H and O–H groups in total. The largest absolute Gasteiger partial charge is 0.492 e. The molecule has 0 aliphatic carbocycles. The number of nitrogens with two attached hydrogens (primary N) is 1.